The van der Waals surface area contributed by atoms with Crippen LogP contribution in [0.25, 0.3) is 0 Å². The van der Waals surface area contributed by atoms with Gasteiger partial charge in [0.2, 0.25) is 5.89 Å². The number of carbonyl (C=O) groups is 1. The second-order valence-corrected chi connectivity index (χ2v) is 6.75. The molecule has 1 fully saturated rings. The molecular weight excluding hydrogens is 292 g/mol. The van der Waals surface area contributed by atoms with E-state index < -0.39 is 0 Å². The molecule has 1 heterocycles. The van der Waals surface area contributed by atoms with Crippen molar-refractivity contribution < 1.29 is 9.32 Å². The van der Waals surface area contributed by atoms with Crippen LogP contribution in [0, 0.1) is 0 Å². The lowest BCUT2D eigenvalue weighted by atomic mass is 9.97. The van der Waals surface area contributed by atoms with Crippen LogP contribution >= 0.6 is 0 Å². The first-order valence-corrected chi connectivity index (χ1v) is 9.02. The molecule has 0 saturated heterocycles. The summed E-state index contributed by atoms with van der Waals surface area (Å²) in [5, 5.41) is 9.97. The van der Waals surface area contributed by atoms with Crippen molar-refractivity contribution in [2.24, 2.45) is 0 Å². The number of aryl methyl sites for hydroxylation is 1. The van der Waals surface area contributed by atoms with E-state index in [4.69, 9.17) is 4.52 Å². The standard InChI is InChI=1S/C17H30N4O2/c1-13(2)16-20-15(23-21-16)11-8-12-18-17(22)19-14-9-6-4-3-5-7-10-14/h13-14H,3-12H2,1-2H3,(H2,18,19,22). The van der Waals surface area contributed by atoms with E-state index in [2.05, 4.69) is 20.8 Å². The van der Waals surface area contributed by atoms with Gasteiger partial charge in [-0.25, -0.2) is 4.79 Å². The number of aromatic nitrogens is 2. The van der Waals surface area contributed by atoms with E-state index in [-0.39, 0.29) is 11.9 Å². The Bertz CT molecular complexity index is 465. The van der Waals surface area contributed by atoms with Gasteiger partial charge in [0.25, 0.3) is 0 Å². The van der Waals surface area contributed by atoms with E-state index >= 15 is 0 Å². The molecule has 0 aliphatic heterocycles. The first kappa shape index (κ1) is 17.8. The molecule has 1 aromatic rings. The van der Waals surface area contributed by atoms with Crippen molar-refractivity contribution in [1.29, 1.82) is 0 Å². The fraction of sp³-hybridized carbons (Fsp3) is 0.824. The van der Waals surface area contributed by atoms with Crippen LogP contribution in [0.2, 0.25) is 0 Å². The third kappa shape index (κ3) is 6.59. The summed E-state index contributed by atoms with van der Waals surface area (Å²) in [6.07, 6.45) is 10.1. The number of hydrogen-bond donors (Lipinski definition) is 2. The first-order chi connectivity index (χ1) is 11.1. The van der Waals surface area contributed by atoms with E-state index in [0.717, 1.165) is 25.1 Å². The number of hydrogen-bond acceptors (Lipinski definition) is 4. The van der Waals surface area contributed by atoms with Gasteiger partial charge < -0.3 is 15.2 Å². The van der Waals surface area contributed by atoms with Crippen LogP contribution in [-0.4, -0.2) is 28.8 Å². The van der Waals surface area contributed by atoms with Crippen LogP contribution in [0.4, 0.5) is 4.79 Å². The minimum Gasteiger partial charge on any atom is -0.339 e. The van der Waals surface area contributed by atoms with Crippen molar-refractivity contribution in [3.8, 4) is 0 Å². The summed E-state index contributed by atoms with van der Waals surface area (Å²) in [6, 6.07) is 0.281. The summed E-state index contributed by atoms with van der Waals surface area (Å²) in [7, 11) is 0. The second kappa shape index (κ2) is 9.53. The van der Waals surface area contributed by atoms with Gasteiger partial charge in [-0.3, -0.25) is 0 Å². The van der Waals surface area contributed by atoms with Crippen LogP contribution in [0.5, 0.6) is 0 Å². The van der Waals surface area contributed by atoms with Crippen molar-refractivity contribution in [2.45, 2.75) is 83.6 Å². The first-order valence-electron chi connectivity index (χ1n) is 9.02. The number of rotatable bonds is 6. The molecule has 2 N–H and O–H groups in total. The van der Waals surface area contributed by atoms with Crippen molar-refractivity contribution in [3.63, 3.8) is 0 Å². The molecule has 2 rings (SSSR count). The summed E-state index contributed by atoms with van der Waals surface area (Å²) < 4.78 is 5.19. The van der Waals surface area contributed by atoms with Crippen LogP contribution in [0.3, 0.4) is 0 Å². The summed E-state index contributed by atoms with van der Waals surface area (Å²) in [4.78, 5) is 16.3. The van der Waals surface area contributed by atoms with Gasteiger partial charge in [0.1, 0.15) is 0 Å². The lowest BCUT2D eigenvalue weighted by molar-refractivity contribution is 0.233. The molecule has 2 amide bonds. The molecule has 6 nitrogen and oxygen atoms in total. The zero-order valence-electron chi connectivity index (χ0n) is 14.4. The summed E-state index contributed by atoms with van der Waals surface area (Å²) in [5.74, 6) is 1.67. The number of urea groups is 1. The Kier molecular flexibility index (Phi) is 7.36. The molecule has 1 aromatic heterocycles. The fourth-order valence-electron chi connectivity index (χ4n) is 2.88. The Labute approximate surface area is 138 Å². The molecular formula is C17H30N4O2. The Morgan fingerprint density at radius 3 is 2.57 bits per heavy atom. The van der Waals surface area contributed by atoms with Crippen LogP contribution < -0.4 is 10.6 Å². The normalized spacial score (nSPS) is 16.8. The number of carbonyl (C=O) groups excluding carboxylic acids is 1. The molecule has 0 unspecified atom stereocenters. The van der Waals surface area contributed by atoms with Gasteiger partial charge >= 0.3 is 6.03 Å². The molecule has 23 heavy (non-hydrogen) atoms. The maximum atomic E-state index is 11.9. The molecule has 1 aliphatic rings. The highest BCUT2D eigenvalue weighted by molar-refractivity contribution is 5.74. The van der Waals surface area contributed by atoms with Crippen molar-refractivity contribution in [1.82, 2.24) is 20.8 Å². The lowest BCUT2D eigenvalue weighted by Crippen LogP contribution is -2.42. The van der Waals surface area contributed by atoms with Crippen molar-refractivity contribution in [2.75, 3.05) is 6.54 Å². The van der Waals surface area contributed by atoms with Gasteiger partial charge in [-0.1, -0.05) is 51.1 Å². The average molecular weight is 322 g/mol. The minimum atomic E-state index is -0.0519. The monoisotopic (exact) mass is 322 g/mol. The zero-order valence-corrected chi connectivity index (χ0v) is 14.4. The Hall–Kier alpha value is -1.59. The predicted octanol–water partition coefficient (Wildman–Crippen LogP) is 3.54. The third-order valence-electron chi connectivity index (χ3n) is 4.29. The molecule has 0 bridgehead atoms. The van der Waals surface area contributed by atoms with Gasteiger partial charge in [0.15, 0.2) is 5.82 Å². The third-order valence-corrected chi connectivity index (χ3v) is 4.29. The summed E-state index contributed by atoms with van der Waals surface area (Å²) >= 11 is 0. The summed E-state index contributed by atoms with van der Waals surface area (Å²) in [5.41, 5.74) is 0. The maximum Gasteiger partial charge on any atom is 0.315 e. The van der Waals surface area contributed by atoms with Crippen LogP contribution in [0.1, 0.15) is 82.8 Å². The van der Waals surface area contributed by atoms with Gasteiger partial charge in [0, 0.05) is 24.9 Å². The molecule has 0 atom stereocenters. The molecule has 1 saturated carbocycles. The van der Waals surface area contributed by atoms with Crippen LogP contribution in [-0.2, 0) is 6.42 Å². The Morgan fingerprint density at radius 1 is 1.22 bits per heavy atom. The van der Waals surface area contributed by atoms with Gasteiger partial charge in [-0.15, -0.1) is 0 Å². The van der Waals surface area contributed by atoms with Gasteiger partial charge in [-0.05, 0) is 19.3 Å². The Balaban J connectivity index is 1.60. The molecule has 130 valence electrons. The quantitative estimate of drug-likeness (QED) is 0.785. The topological polar surface area (TPSA) is 80.0 Å². The molecule has 0 radical (unpaired) electrons. The van der Waals surface area contributed by atoms with E-state index in [1.54, 1.807) is 0 Å². The van der Waals surface area contributed by atoms with Gasteiger partial charge in [0.05, 0.1) is 0 Å². The highest BCUT2D eigenvalue weighted by atomic mass is 16.5. The second-order valence-electron chi connectivity index (χ2n) is 6.75. The maximum absolute atomic E-state index is 11.9. The largest absolute Gasteiger partial charge is 0.339 e. The predicted molar refractivity (Wildman–Crippen MR) is 89.3 cm³/mol. The molecule has 0 spiro atoms. The van der Waals surface area contributed by atoms with Crippen LogP contribution in [0.15, 0.2) is 4.52 Å². The highest BCUT2D eigenvalue weighted by Crippen LogP contribution is 2.17. The van der Waals surface area contributed by atoms with Crippen molar-refractivity contribution >= 4 is 6.03 Å². The van der Waals surface area contributed by atoms with E-state index in [9.17, 15) is 4.79 Å². The smallest absolute Gasteiger partial charge is 0.315 e. The lowest BCUT2D eigenvalue weighted by Gasteiger charge is -2.21. The van der Waals surface area contributed by atoms with E-state index in [1.807, 2.05) is 13.8 Å². The molecule has 1 aliphatic carbocycles. The van der Waals surface area contributed by atoms with Gasteiger partial charge in [-0.2, -0.15) is 4.98 Å². The SMILES string of the molecule is CC(C)c1noc(CCCNC(=O)NC2CCCCCCC2)n1. The number of nitrogens with zero attached hydrogens (tertiary/aromatic N) is 2. The van der Waals surface area contributed by atoms with E-state index in [0.29, 0.717) is 24.9 Å². The minimum absolute atomic E-state index is 0.0519. The zero-order chi connectivity index (χ0) is 16.5. The Morgan fingerprint density at radius 2 is 1.91 bits per heavy atom. The highest BCUT2D eigenvalue weighted by Gasteiger charge is 2.14. The molecule has 0 aromatic carbocycles. The average Bonchev–Trinajstić information content (AvgIpc) is 2.95. The van der Waals surface area contributed by atoms with E-state index in [1.165, 1.54) is 32.1 Å². The number of nitrogens with one attached hydrogen (secondary N) is 2. The fourth-order valence-corrected chi connectivity index (χ4v) is 2.88. The molecule has 6 heteroatoms. The summed E-state index contributed by atoms with van der Waals surface area (Å²) in [6.45, 7) is 4.70. The number of amides is 2. The van der Waals surface area contributed by atoms with Crippen molar-refractivity contribution in [3.05, 3.63) is 11.7 Å².